The standard InChI is InChI=1S/C14H20N2O2/c1-9-6-7-11(16(17)18)10(8-9)15-12-13(2,3)14(12,4)5/h6-8,12,15H,1-5H3. The van der Waals surface area contributed by atoms with E-state index in [9.17, 15) is 10.1 Å². The number of rotatable bonds is 3. The normalized spacial score (nSPS) is 20.5. The van der Waals surface area contributed by atoms with Crippen LogP contribution < -0.4 is 5.32 Å². The highest BCUT2D eigenvalue weighted by molar-refractivity contribution is 5.64. The number of nitrogens with one attached hydrogen (secondary N) is 1. The van der Waals surface area contributed by atoms with Gasteiger partial charge in [-0.1, -0.05) is 33.8 Å². The third-order valence-corrected chi connectivity index (χ3v) is 4.67. The number of hydrogen-bond acceptors (Lipinski definition) is 3. The first kappa shape index (κ1) is 12.9. The van der Waals surface area contributed by atoms with Crippen LogP contribution in [0.4, 0.5) is 11.4 Å². The van der Waals surface area contributed by atoms with Gasteiger partial charge in [-0.15, -0.1) is 0 Å². The lowest BCUT2D eigenvalue weighted by atomic mass is 10.0. The van der Waals surface area contributed by atoms with Crippen LogP contribution in [0.3, 0.4) is 0 Å². The summed E-state index contributed by atoms with van der Waals surface area (Å²) in [7, 11) is 0. The minimum Gasteiger partial charge on any atom is -0.376 e. The Kier molecular flexibility index (Phi) is 2.65. The zero-order valence-electron chi connectivity index (χ0n) is 11.6. The molecule has 0 atom stereocenters. The number of benzene rings is 1. The van der Waals surface area contributed by atoms with Gasteiger partial charge in [0.05, 0.1) is 4.92 Å². The molecule has 1 saturated carbocycles. The van der Waals surface area contributed by atoms with Crippen LogP contribution in [0.25, 0.3) is 0 Å². The first-order valence-electron chi connectivity index (χ1n) is 6.19. The fourth-order valence-electron chi connectivity index (χ4n) is 2.64. The van der Waals surface area contributed by atoms with Crippen molar-refractivity contribution >= 4 is 11.4 Å². The van der Waals surface area contributed by atoms with E-state index < -0.39 is 0 Å². The lowest BCUT2D eigenvalue weighted by Gasteiger charge is -2.09. The number of aryl methyl sites for hydroxylation is 1. The van der Waals surface area contributed by atoms with Crippen molar-refractivity contribution in [2.45, 2.75) is 40.7 Å². The van der Waals surface area contributed by atoms with Gasteiger partial charge in [-0.05, 0) is 29.4 Å². The first-order valence-corrected chi connectivity index (χ1v) is 6.19. The Morgan fingerprint density at radius 3 is 2.22 bits per heavy atom. The maximum Gasteiger partial charge on any atom is 0.292 e. The third kappa shape index (κ3) is 1.76. The molecule has 0 saturated heterocycles. The summed E-state index contributed by atoms with van der Waals surface area (Å²) in [5.41, 5.74) is 2.12. The van der Waals surface area contributed by atoms with Gasteiger partial charge in [-0.3, -0.25) is 10.1 Å². The van der Waals surface area contributed by atoms with E-state index in [4.69, 9.17) is 0 Å². The largest absolute Gasteiger partial charge is 0.376 e. The Balaban J connectivity index is 2.31. The molecule has 1 aliphatic carbocycles. The maximum atomic E-state index is 11.0. The van der Waals surface area contributed by atoms with Gasteiger partial charge in [-0.2, -0.15) is 0 Å². The molecule has 18 heavy (non-hydrogen) atoms. The van der Waals surface area contributed by atoms with E-state index in [1.54, 1.807) is 12.1 Å². The number of anilines is 1. The molecule has 1 aromatic carbocycles. The molecule has 1 fully saturated rings. The van der Waals surface area contributed by atoms with E-state index >= 15 is 0 Å². The summed E-state index contributed by atoms with van der Waals surface area (Å²) in [6.45, 7) is 10.7. The first-order chi connectivity index (χ1) is 8.18. The molecule has 1 aliphatic rings. The van der Waals surface area contributed by atoms with E-state index in [0.717, 1.165) is 5.56 Å². The van der Waals surface area contributed by atoms with E-state index in [1.807, 2.05) is 13.0 Å². The summed E-state index contributed by atoms with van der Waals surface area (Å²) in [5, 5.41) is 14.4. The molecule has 4 heteroatoms. The quantitative estimate of drug-likeness (QED) is 0.654. The molecule has 98 valence electrons. The Bertz CT molecular complexity index is 493. The summed E-state index contributed by atoms with van der Waals surface area (Å²) >= 11 is 0. The molecule has 0 unspecified atom stereocenters. The molecule has 0 spiro atoms. The topological polar surface area (TPSA) is 55.2 Å². The minimum absolute atomic E-state index is 0.152. The molecule has 0 radical (unpaired) electrons. The van der Waals surface area contributed by atoms with Crippen molar-refractivity contribution in [3.63, 3.8) is 0 Å². The molecule has 0 amide bonds. The third-order valence-electron chi connectivity index (χ3n) is 4.67. The van der Waals surface area contributed by atoms with E-state index in [0.29, 0.717) is 5.69 Å². The fraction of sp³-hybridized carbons (Fsp3) is 0.571. The van der Waals surface area contributed by atoms with E-state index in [1.165, 1.54) is 0 Å². The van der Waals surface area contributed by atoms with Crippen LogP contribution in [0.5, 0.6) is 0 Å². The van der Waals surface area contributed by atoms with E-state index in [-0.39, 0.29) is 27.5 Å². The maximum absolute atomic E-state index is 11.0. The van der Waals surface area contributed by atoms with Gasteiger partial charge in [0.25, 0.3) is 5.69 Å². The molecule has 2 rings (SSSR count). The van der Waals surface area contributed by atoms with Gasteiger partial charge in [-0.25, -0.2) is 0 Å². The fourth-order valence-corrected chi connectivity index (χ4v) is 2.64. The molecule has 0 aromatic heterocycles. The second-order valence-corrected chi connectivity index (χ2v) is 6.30. The molecule has 0 aliphatic heterocycles. The SMILES string of the molecule is Cc1ccc([N+](=O)[O-])c(NC2C(C)(C)C2(C)C)c1. The number of nitro benzene ring substituents is 1. The molecule has 1 aromatic rings. The van der Waals surface area contributed by atoms with Gasteiger partial charge in [0.2, 0.25) is 0 Å². The van der Waals surface area contributed by atoms with Gasteiger partial charge < -0.3 is 5.32 Å². The van der Waals surface area contributed by atoms with Crippen LogP contribution in [0, 0.1) is 27.9 Å². The number of nitrogens with zero attached hydrogens (tertiary/aromatic N) is 1. The molecule has 4 nitrogen and oxygen atoms in total. The molecule has 0 heterocycles. The lowest BCUT2D eigenvalue weighted by molar-refractivity contribution is -0.384. The van der Waals surface area contributed by atoms with Crippen molar-refractivity contribution in [1.82, 2.24) is 0 Å². The lowest BCUT2D eigenvalue weighted by Crippen LogP contribution is -2.11. The van der Waals surface area contributed by atoms with Crippen molar-refractivity contribution in [1.29, 1.82) is 0 Å². The van der Waals surface area contributed by atoms with Crippen molar-refractivity contribution in [3.05, 3.63) is 33.9 Å². The van der Waals surface area contributed by atoms with Crippen LogP contribution in [0.2, 0.25) is 0 Å². The summed E-state index contributed by atoms with van der Waals surface area (Å²) in [4.78, 5) is 10.7. The number of hydrogen-bond donors (Lipinski definition) is 1. The van der Waals surface area contributed by atoms with Crippen molar-refractivity contribution < 1.29 is 4.92 Å². The monoisotopic (exact) mass is 248 g/mol. The predicted molar refractivity (Wildman–Crippen MR) is 72.8 cm³/mol. The van der Waals surface area contributed by atoms with Crippen molar-refractivity contribution in [3.8, 4) is 0 Å². The highest BCUT2D eigenvalue weighted by Crippen LogP contribution is 2.64. The smallest absolute Gasteiger partial charge is 0.292 e. The predicted octanol–water partition coefficient (Wildman–Crippen LogP) is 3.75. The Labute approximate surface area is 108 Å². The highest BCUT2D eigenvalue weighted by Gasteiger charge is 2.65. The summed E-state index contributed by atoms with van der Waals surface area (Å²) in [6.07, 6.45) is 0. The van der Waals surface area contributed by atoms with Crippen molar-refractivity contribution in [2.75, 3.05) is 5.32 Å². The van der Waals surface area contributed by atoms with Gasteiger partial charge in [0.1, 0.15) is 5.69 Å². The van der Waals surface area contributed by atoms with Crippen LogP contribution >= 0.6 is 0 Å². The summed E-state index contributed by atoms with van der Waals surface area (Å²) in [5.74, 6) is 0. The highest BCUT2D eigenvalue weighted by atomic mass is 16.6. The second kappa shape index (κ2) is 3.70. The average Bonchev–Trinajstić information content (AvgIpc) is 2.60. The molecule has 1 N–H and O–H groups in total. The zero-order chi connectivity index (χ0) is 13.7. The van der Waals surface area contributed by atoms with Gasteiger partial charge >= 0.3 is 0 Å². The second-order valence-electron chi connectivity index (χ2n) is 6.30. The van der Waals surface area contributed by atoms with Crippen LogP contribution in [0.15, 0.2) is 18.2 Å². The Morgan fingerprint density at radius 2 is 1.78 bits per heavy atom. The van der Waals surface area contributed by atoms with Crippen molar-refractivity contribution in [2.24, 2.45) is 10.8 Å². The van der Waals surface area contributed by atoms with Crippen LogP contribution in [-0.2, 0) is 0 Å². The number of nitro groups is 1. The summed E-state index contributed by atoms with van der Waals surface area (Å²) in [6, 6.07) is 5.46. The molecular weight excluding hydrogens is 228 g/mol. The van der Waals surface area contributed by atoms with E-state index in [2.05, 4.69) is 33.0 Å². The summed E-state index contributed by atoms with van der Waals surface area (Å²) < 4.78 is 0. The van der Waals surface area contributed by atoms with Crippen LogP contribution in [-0.4, -0.2) is 11.0 Å². The Hall–Kier alpha value is -1.58. The van der Waals surface area contributed by atoms with Crippen LogP contribution in [0.1, 0.15) is 33.3 Å². The Morgan fingerprint density at radius 1 is 1.22 bits per heavy atom. The minimum atomic E-state index is -0.329. The molecular formula is C14H20N2O2. The van der Waals surface area contributed by atoms with Gasteiger partial charge in [0.15, 0.2) is 0 Å². The molecule has 0 bridgehead atoms. The zero-order valence-corrected chi connectivity index (χ0v) is 11.6. The average molecular weight is 248 g/mol. The van der Waals surface area contributed by atoms with Gasteiger partial charge in [0, 0.05) is 12.1 Å².